The van der Waals surface area contributed by atoms with Crippen LogP contribution in [-0.4, -0.2) is 85.4 Å². The van der Waals surface area contributed by atoms with Gasteiger partial charge in [-0.15, -0.1) is 0 Å². The number of rotatable bonds is 6. The molecule has 0 spiro atoms. The Morgan fingerprint density at radius 2 is 1.41 bits per heavy atom. The van der Waals surface area contributed by atoms with E-state index < -0.39 is 0 Å². The fourth-order valence-corrected chi connectivity index (χ4v) is 4.39. The summed E-state index contributed by atoms with van der Waals surface area (Å²) >= 11 is 0. The van der Waals surface area contributed by atoms with Gasteiger partial charge in [0.2, 0.25) is 11.8 Å². The van der Waals surface area contributed by atoms with Gasteiger partial charge in [-0.25, -0.2) is 0 Å². The van der Waals surface area contributed by atoms with Gasteiger partial charge in [-0.05, 0) is 29.8 Å². The lowest BCUT2D eigenvalue weighted by molar-refractivity contribution is -0.130. The number of carbonyl (C=O) groups is 2. The third-order valence-electron chi connectivity index (χ3n) is 6.32. The number of amides is 2. The molecule has 2 aromatic rings. The van der Waals surface area contributed by atoms with Crippen molar-refractivity contribution in [2.45, 2.75) is 13.5 Å². The average Bonchev–Trinajstić information content (AvgIpc) is 2.81. The Kier molecular flexibility index (Phi) is 7.39. The monoisotopic (exact) mass is 435 g/mol. The predicted octanol–water partition coefficient (Wildman–Crippen LogP) is 2.11. The molecule has 2 aromatic carbocycles. The smallest absolute Gasteiger partial charge is 0.238 e. The number of hydrogen-bond donors (Lipinski definition) is 1. The summed E-state index contributed by atoms with van der Waals surface area (Å²) in [5, 5.41) is 3.00. The average molecular weight is 436 g/mol. The lowest BCUT2D eigenvalue weighted by atomic mass is 10.2. The highest BCUT2D eigenvalue weighted by molar-refractivity contribution is 5.92. The first-order valence-corrected chi connectivity index (χ1v) is 11.5. The normalized spacial score (nSPS) is 17.9. The number of anilines is 2. The van der Waals surface area contributed by atoms with Crippen molar-refractivity contribution < 1.29 is 9.59 Å². The molecule has 0 saturated carbocycles. The van der Waals surface area contributed by atoms with E-state index in [0.29, 0.717) is 19.6 Å². The van der Waals surface area contributed by atoms with Crippen molar-refractivity contribution in [3.8, 4) is 0 Å². The molecule has 0 aromatic heterocycles. The number of hydrogen-bond acceptors (Lipinski definition) is 5. The van der Waals surface area contributed by atoms with Crippen LogP contribution in [0, 0.1) is 0 Å². The predicted molar refractivity (Wildman–Crippen MR) is 128 cm³/mol. The zero-order chi connectivity index (χ0) is 22.3. The Bertz CT molecular complexity index is 886. The summed E-state index contributed by atoms with van der Waals surface area (Å²) in [4.78, 5) is 32.7. The second-order valence-electron chi connectivity index (χ2n) is 8.63. The molecule has 2 aliphatic heterocycles. The van der Waals surface area contributed by atoms with Crippen molar-refractivity contribution in [3.05, 3.63) is 60.2 Å². The summed E-state index contributed by atoms with van der Waals surface area (Å²) in [5.41, 5.74) is 3.38. The zero-order valence-corrected chi connectivity index (χ0v) is 18.9. The lowest BCUT2D eigenvalue weighted by Crippen LogP contribution is -2.49. The minimum absolute atomic E-state index is 0.0106. The molecule has 1 N–H and O–H groups in total. The molecule has 4 rings (SSSR count). The zero-order valence-electron chi connectivity index (χ0n) is 18.9. The summed E-state index contributed by atoms with van der Waals surface area (Å²) in [5.74, 6) is 0.0929. The summed E-state index contributed by atoms with van der Waals surface area (Å²) in [6.45, 7) is 9.91. The van der Waals surface area contributed by atoms with E-state index in [1.165, 1.54) is 11.3 Å². The maximum atomic E-state index is 12.4. The van der Waals surface area contributed by atoms with Gasteiger partial charge in [-0.3, -0.25) is 19.4 Å². The molecule has 32 heavy (non-hydrogen) atoms. The van der Waals surface area contributed by atoms with E-state index in [-0.39, 0.29) is 11.8 Å². The molecular formula is C25H33N5O2. The molecular weight excluding hydrogens is 402 g/mol. The first-order valence-electron chi connectivity index (χ1n) is 11.5. The third-order valence-corrected chi connectivity index (χ3v) is 6.32. The topological polar surface area (TPSA) is 59.1 Å². The van der Waals surface area contributed by atoms with Crippen molar-refractivity contribution in [1.29, 1.82) is 0 Å². The molecule has 0 atom stereocenters. The van der Waals surface area contributed by atoms with E-state index in [4.69, 9.17) is 0 Å². The Morgan fingerprint density at radius 3 is 2.03 bits per heavy atom. The van der Waals surface area contributed by atoms with Gasteiger partial charge in [0.15, 0.2) is 0 Å². The fourth-order valence-electron chi connectivity index (χ4n) is 4.39. The van der Waals surface area contributed by atoms with Crippen LogP contribution in [0.2, 0.25) is 0 Å². The maximum absolute atomic E-state index is 12.4. The molecule has 0 aliphatic carbocycles. The second-order valence-corrected chi connectivity index (χ2v) is 8.63. The van der Waals surface area contributed by atoms with Crippen molar-refractivity contribution >= 4 is 23.2 Å². The van der Waals surface area contributed by atoms with E-state index in [1.807, 2.05) is 17.0 Å². The molecule has 0 bridgehead atoms. The number of benzene rings is 2. The summed E-state index contributed by atoms with van der Waals surface area (Å²) in [7, 11) is 0. The van der Waals surface area contributed by atoms with Gasteiger partial charge in [-0.1, -0.05) is 30.3 Å². The molecule has 2 fully saturated rings. The van der Waals surface area contributed by atoms with E-state index in [1.54, 1.807) is 6.92 Å². The number of nitrogens with one attached hydrogen (secondary N) is 1. The van der Waals surface area contributed by atoms with Crippen LogP contribution in [0.5, 0.6) is 0 Å². The first kappa shape index (κ1) is 22.3. The second kappa shape index (κ2) is 10.6. The van der Waals surface area contributed by atoms with Crippen molar-refractivity contribution in [3.63, 3.8) is 0 Å². The molecule has 7 heteroatoms. The SMILES string of the molecule is CC(=O)N1CCN(CC(=O)Nc2ccc(N3CCN(Cc4ccccc4)CC3)cc2)CC1. The minimum Gasteiger partial charge on any atom is -0.369 e. The van der Waals surface area contributed by atoms with Gasteiger partial charge in [0.1, 0.15) is 0 Å². The molecule has 2 amide bonds. The van der Waals surface area contributed by atoms with Crippen molar-refractivity contribution in [1.82, 2.24) is 14.7 Å². The molecule has 2 aliphatic rings. The van der Waals surface area contributed by atoms with E-state index in [0.717, 1.165) is 51.5 Å². The van der Waals surface area contributed by atoms with Crippen LogP contribution < -0.4 is 10.2 Å². The Labute approximate surface area is 190 Å². The van der Waals surface area contributed by atoms with Crippen LogP contribution in [0.1, 0.15) is 12.5 Å². The van der Waals surface area contributed by atoms with E-state index in [9.17, 15) is 9.59 Å². The van der Waals surface area contributed by atoms with Gasteiger partial charge < -0.3 is 15.1 Å². The van der Waals surface area contributed by atoms with Crippen LogP contribution in [0.25, 0.3) is 0 Å². The highest BCUT2D eigenvalue weighted by Crippen LogP contribution is 2.20. The summed E-state index contributed by atoms with van der Waals surface area (Å²) in [6, 6.07) is 18.8. The van der Waals surface area contributed by atoms with E-state index >= 15 is 0 Å². The molecule has 2 saturated heterocycles. The van der Waals surface area contributed by atoms with Crippen molar-refractivity contribution in [2.24, 2.45) is 0 Å². The van der Waals surface area contributed by atoms with Gasteiger partial charge >= 0.3 is 0 Å². The number of piperazine rings is 2. The quantitative estimate of drug-likeness (QED) is 0.753. The summed E-state index contributed by atoms with van der Waals surface area (Å²) < 4.78 is 0. The van der Waals surface area contributed by atoms with Gasteiger partial charge in [0.05, 0.1) is 6.54 Å². The van der Waals surface area contributed by atoms with Gasteiger partial charge in [0, 0.05) is 77.2 Å². The Morgan fingerprint density at radius 1 is 0.781 bits per heavy atom. The number of nitrogens with zero attached hydrogens (tertiary/aromatic N) is 4. The standard InChI is InChI=1S/C25H33N5O2/c1-21(31)29-15-11-28(12-16-29)20-25(32)26-23-7-9-24(10-8-23)30-17-13-27(14-18-30)19-22-5-3-2-4-6-22/h2-10H,11-20H2,1H3,(H,26,32). The van der Waals surface area contributed by atoms with Crippen molar-refractivity contribution in [2.75, 3.05) is 69.1 Å². The molecule has 2 heterocycles. The fraction of sp³-hybridized carbons (Fsp3) is 0.440. The Balaban J connectivity index is 1.20. The van der Waals surface area contributed by atoms with Gasteiger partial charge in [0.25, 0.3) is 0 Å². The molecule has 170 valence electrons. The molecule has 7 nitrogen and oxygen atoms in total. The first-order chi connectivity index (χ1) is 15.6. The van der Waals surface area contributed by atoms with Crippen LogP contribution in [0.15, 0.2) is 54.6 Å². The third kappa shape index (κ3) is 6.08. The highest BCUT2D eigenvalue weighted by atomic mass is 16.2. The van der Waals surface area contributed by atoms with Gasteiger partial charge in [-0.2, -0.15) is 0 Å². The van der Waals surface area contributed by atoms with Crippen LogP contribution in [0.4, 0.5) is 11.4 Å². The van der Waals surface area contributed by atoms with E-state index in [2.05, 4.69) is 62.5 Å². The minimum atomic E-state index is -0.0106. The largest absolute Gasteiger partial charge is 0.369 e. The molecule has 0 radical (unpaired) electrons. The van der Waals surface area contributed by atoms with Crippen LogP contribution in [-0.2, 0) is 16.1 Å². The lowest BCUT2D eigenvalue weighted by Gasteiger charge is -2.36. The summed E-state index contributed by atoms with van der Waals surface area (Å²) in [6.07, 6.45) is 0. The number of carbonyl (C=O) groups excluding carboxylic acids is 2. The highest BCUT2D eigenvalue weighted by Gasteiger charge is 2.21. The molecule has 0 unspecified atom stereocenters. The van der Waals surface area contributed by atoms with Crippen LogP contribution in [0.3, 0.4) is 0 Å². The van der Waals surface area contributed by atoms with Crippen LogP contribution >= 0.6 is 0 Å². The maximum Gasteiger partial charge on any atom is 0.238 e. The Hall–Kier alpha value is -2.90.